The van der Waals surface area contributed by atoms with E-state index in [2.05, 4.69) is 0 Å². The van der Waals surface area contributed by atoms with Crippen molar-refractivity contribution in [1.29, 1.82) is 0 Å². The number of nitrogens with zero attached hydrogens (tertiary/aromatic N) is 1. The quantitative estimate of drug-likeness (QED) is 0.446. The van der Waals surface area contributed by atoms with E-state index < -0.39 is 0 Å². The molecule has 0 bridgehead atoms. The fourth-order valence-corrected chi connectivity index (χ4v) is 2.14. The van der Waals surface area contributed by atoms with Gasteiger partial charge in [-0.3, -0.25) is 4.79 Å². The van der Waals surface area contributed by atoms with Gasteiger partial charge in [-0.1, -0.05) is 31.5 Å². The van der Waals surface area contributed by atoms with E-state index in [1.807, 2.05) is 13.0 Å². The van der Waals surface area contributed by atoms with Crippen LogP contribution < -0.4 is 4.42 Å². The zero-order chi connectivity index (χ0) is 16.7. The molecule has 0 fully saturated rings. The lowest BCUT2D eigenvalue weighted by Crippen LogP contribution is -2.20. The van der Waals surface area contributed by atoms with Gasteiger partial charge in [-0.15, -0.1) is 0 Å². The number of carbonyl (C=O) groups is 2. The summed E-state index contributed by atoms with van der Waals surface area (Å²) in [5.74, 6) is -0.703. The molecule has 0 radical (unpaired) electrons. The van der Waals surface area contributed by atoms with Crippen LogP contribution in [0.1, 0.15) is 40.5 Å². The Morgan fingerprint density at radius 2 is 1.65 bits per heavy atom. The fraction of sp³-hybridized carbons (Fsp3) is 0.222. The lowest BCUT2D eigenvalue weighted by molar-refractivity contribution is 0.0499. The molecule has 2 aromatic carbocycles. The van der Waals surface area contributed by atoms with Crippen LogP contribution in [0.3, 0.4) is 0 Å². The van der Waals surface area contributed by atoms with E-state index in [4.69, 9.17) is 16.5 Å². The van der Waals surface area contributed by atoms with Gasteiger partial charge in [-0.05, 0) is 42.8 Å². The van der Waals surface area contributed by atoms with Crippen molar-refractivity contribution in [3.05, 3.63) is 65.7 Å². The van der Waals surface area contributed by atoms with Gasteiger partial charge in [0.2, 0.25) is 0 Å². The van der Waals surface area contributed by atoms with Crippen molar-refractivity contribution in [1.82, 2.24) is 0 Å². The molecule has 2 aromatic rings. The Hall–Kier alpha value is -2.33. The monoisotopic (exact) mass is 331 g/mol. The second kappa shape index (κ2) is 8.34. The summed E-state index contributed by atoms with van der Waals surface area (Å²) in [5, 5.41) is 0. The van der Waals surface area contributed by atoms with Crippen LogP contribution >= 0.6 is 11.8 Å². The Kier molecular flexibility index (Phi) is 6.18. The van der Waals surface area contributed by atoms with Gasteiger partial charge in [-0.25, -0.2) is 9.21 Å². The summed E-state index contributed by atoms with van der Waals surface area (Å²) in [4.78, 5) is 24.1. The average molecular weight is 332 g/mol. The van der Waals surface area contributed by atoms with E-state index in [-0.39, 0.29) is 11.9 Å². The predicted molar refractivity (Wildman–Crippen MR) is 90.7 cm³/mol. The van der Waals surface area contributed by atoms with E-state index in [1.165, 1.54) is 0 Å². The van der Waals surface area contributed by atoms with Gasteiger partial charge in [0, 0.05) is 17.3 Å². The number of amides is 1. The highest BCUT2D eigenvalue weighted by molar-refractivity contribution is 6.39. The van der Waals surface area contributed by atoms with E-state index in [9.17, 15) is 9.59 Å². The standard InChI is InChI=1S/C18H18ClNO3/c1-2-3-13-23-18(22)15-9-11-16(12-10-15)20(19)17(21)14-7-5-4-6-8-14/h4-12H,2-3,13H2,1H3. The molecule has 23 heavy (non-hydrogen) atoms. The van der Waals surface area contributed by atoms with Gasteiger partial charge in [0.1, 0.15) is 0 Å². The minimum atomic E-state index is -0.375. The summed E-state index contributed by atoms with van der Waals surface area (Å²) >= 11 is 6.09. The third-order valence-corrected chi connectivity index (χ3v) is 3.61. The Bertz CT molecular complexity index is 656. The molecule has 0 atom stereocenters. The molecule has 5 heteroatoms. The number of benzene rings is 2. The summed E-state index contributed by atoms with van der Waals surface area (Å²) in [6, 6.07) is 15.2. The highest BCUT2D eigenvalue weighted by Crippen LogP contribution is 2.20. The molecule has 120 valence electrons. The van der Waals surface area contributed by atoms with Crippen LogP contribution in [0.5, 0.6) is 0 Å². The maximum atomic E-state index is 12.2. The van der Waals surface area contributed by atoms with Crippen LogP contribution in [0.2, 0.25) is 0 Å². The number of carbonyl (C=O) groups excluding carboxylic acids is 2. The lowest BCUT2D eigenvalue weighted by Gasteiger charge is -2.14. The summed E-state index contributed by atoms with van der Waals surface area (Å²) in [5.41, 5.74) is 1.42. The molecule has 0 aliphatic rings. The summed E-state index contributed by atoms with van der Waals surface area (Å²) in [6.45, 7) is 2.44. The van der Waals surface area contributed by atoms with E-state index in [0.29, 0.717) is 23.4 Å². The molecule has 0 saturated heterocycles. The molecule has 0 aromatic heterocycles. The average Bonchev–Trinajstić information content (AvgIpc) is 2.61. The number of anilines is 1. The number of unbranched alkanes of at least 4 members (excludes halogenated alkanes) is 1. The molecular formula is C18H18ClNO3. The van der Waals surface area contributed by atoms with Crippen LogP contribution in [0.4, 0.5) is 5.69 Å². The first-order chi connectivity index (χ1) is 11.1. The van der Waals surface area contributed by atoms with Gasteiger partial charge < -0.3 is 4.74 Å². The number of esters is 1. The molecule has 2 rings (SSSR count). The number of hydrogen-bond acceptors (Lipinski definition) is 3. The fourth-order valence-electron chi connectivity index (χ4n) is 1.93. The normalized spacial score (nSPS) is 10.2. The van der Waals surface area contributed by atoms with E-state index >= 15 is 0 Å². The largest absolute Gasteiger partial charge is 0.462 e. The first-order valence-corrected chi connectivity index (χ1v) is 7.79. The van der Waals surface area contributed by atoms with Gasteiger partial charge >= 0.3 is 5.97 Å². The lowest BCUT2D eigenvalue weighted by atomic mass is 10.2. The maximum absolute atomic E-state index is 12.2. The van der Waals surface area contributed by atoms with Gasteiger partial charge in [0.05, 0.1) is 17.9 Å². The molecule has 0 heterocycles. The first kappa shape index (κ1) is 17.0. The summed E-state index contributed by atoms with van der Waals surface area (Å²) < 4.78 is 6.16. The Morgan fingerprint density at radius 3 is 2.26 bits per heavy atom. The van der Waals surface area contributed by atoms with Crippen molar-refractivity contribution in [3.63, 3.8) is 0 Å². The Morgan fingerprint density at radius 1 is 1.00 bits per heavy atom. The van der Waals surface area contributed by atoms with Crippen molar-refractivity contribution in [2.45, 2.75) is 19.8 Å². The number of ether oxygens (including phenoxy) is 1. The number of hydrogen-bond donors (Lipinski definition) is 0. The maximum Gasteiger partial charge on any atom is 0.338 e. The zero-order valence-corrected chi connectivity index (χ0v) is 13.6. The third kappa shape index (κ3) is 4.57. The molecule has 0 aliphatic heterocycles. The number of halogens is 1. The molecule has 1 amide bonds. The van der Waals surface area contributed by atoms with Crippen molar-refractivity contribution < 1.29 is 14.3 Å². The summed E-state index contributed by atoms with van der Waals surface area (Å²) in [7, 11) is 0. The Balaban J connectivity index is 2.04. The van der Waals surface area contributed by atoms with Crippen molar-refractivity contribution in [2.24, 2.45) is 0 Å². The second-order valence-electron chi connectivity index (χ2n) is 4.99. The summed E-state index contributed by atoms with van der Waals surface area (Å²) in [6.07, 6.45) is 1.81. The van der Waals surface area contributed by atoms with Crippen LogP contribution in [-0.2, 0) is 4.74 Å². The minimum Gasteiger partial charge on any atom is -0.462 e. The molecule has 0 unspecified atom stereocenters. The van der Waals surface area contributed by atoms with Crippen LogP contribution in [0.15, 0.2) is 54.6 Å². The molecule has 0 aliphatic carbocycles. The van der Waals surface area contributed by atoms with Gasteiger partial charge in [-0.2, -0.15) is 0 Å². The van der Waals surface area contributed by atoms with Crippen LogP contribution in [-0.4, -0.2) is 18.5 Å². The number of rotatable bonds is 6. The van der Waals surface area contributed by atoms with Crippen LogP contribution in [0.25, 0.3) is 0 Å². The van der Waals surface area contributed by atoms with Crippen molar-refractivity contribution in [3.8, 4) is 0 Å². The van der Waals surface area contributed by atoms with E-state index in [0.717, 1.165) is 17.3 Å². The van der Waals surface area contributed by atoms with Crippen molar-refractivity contribution in [2.75, 3.05) is 11.0 Å². The molecular weight excluding hydrogens is 314 g/mol. The Labute approximate surface area is 140 Å². The van der Waals surface area contributed by atoms with E-state index in [1.54, 1.807) is 48.5 Å². The zero-order valence-electron chi connectivity index (χ0n) is 12.9. The predicted octanol–water partition coefficient (Wildman–Crippen LogP) is 4.44. The topological polar surface area (TPSA) is 46.6 Å². The molecule has 0 spiro atoms. The molecule has 0 N–H and O–H groups in total. The SMILES string of the molecule is CCCCOC(=O)c1ccc(N(Cl)C(=O)c2ccccc2)cc1. The van der Waals surface area contributed by atoms with Crippen molar-refractivity contribution >= 4 is 29.3 Å². The van der Waals surface area contributed by atoms with Crippen LogP contribution in [0, 0.1) is 0 Å². The highest BCUT2D eigenvalue weighted by atomic mass is 35.5. The van der Waals surface area contributed by atoms with Gasteiger partial charge in [0.15, 0.2) is 0 Å². The molecule has 4 nitrogen and oxygen atoms in total. The minimum absolute atomic E-state index is 0.328. The second-order valence-corrected chi connectivity index (χ2v) is 5.33. The smallest absolute Gasteiger partial charge is 0.338 e. The molecule has 0 saturated carbocycles. The first-order valence-electron chi connectivity index (χ1n) is 7.46. The third-order valence-electron chi connectivity index (χ3n) is 3.26. The highest BCUT2D eigenvalue weighted by Gasteiger charge is 2.16. The van der Waals surface area contributed by atoms with Gasteiger partial charge in [0.25, 0.3) is 5.91 Å².